The number of aliphatic hydroxyl groups is 1. The van der Waals surface area contributed by atoms with E-state index in [0.29, 0.717) is 0 Å². The molecular weight excluding hydrogens is 192 g/mol. The van der Waals surface area contributed by atoms with Gasteiger partial charge in [-0.25, -0.2) is 0 Å². The molecule has 0 bridgehead atoms. The van der Waals surface area contributed by atoms with Crippen LogP contribution < -0.4 is 5.32 Å². The van der Waals surface area contributed by atoms with Crippen molar-refractivity contribution in [2.75, 3.05) is 0 Å². The Hall–Kier alpha value is -0.710. The maximum atomic E-state index is 13.2. The molecule has 0 rings (SSSR count). The van der Waals surface area contributed by atoms with Crippen molar-refractivity contribution in [1.29, 1.82) is 0 Å². The van der Waals surface area contributed by atoms with Gasteiger partial charge in [0, 0.05) is 6.04 Å². The van der Waals surface area contributed by atoms with Gasteiger partial charge in [-0.15, -0.1) is 0 Å². The molecule has 0 fully saturated rings. The van der Waals surface area contributed by atoms with Gasteiger partial charge in [-0.2, -0.15) is 8.78 Å². The lowest BCUT2D eigenvalue weighted by Gasteiger charge is -2.25. The van der Waals surface area contributed by atoms with Crippen molar-refractivity contribution < 1.29 is 18.7 Å². The first-order valence-corrected chi connectivity index (χ1v) is 4.56. The summed E-state index contributed by atoms with van der Waals surface area (Å²) < 4.78 is 26.3. The normalized spacial score (nSPS) is 14.6. The average Bonchev–Trinajstić information content (AvgIpc) is 2.01. The molecule has 1 unspecified atom stereocenters. The molecule has 1 amide bonds. The van der Waals surface area contributed by atoms with E-state index in [-0.39, 0.29) is 6.04 Å². The zero-order valence-electron chi connectivity index (χ0n) is 8.84. The molecule has 84 valence electrons. The first kappa shape index (κ1) is 13.3. The molecule has 14 heavy (non-hydrogen) atoms. The van der Waals surface area contributed by atoms with E-state index in [1.54, 1.807) is 13.8 Å². The molecule has 0 aromatic rings. The van der Waals surface area contributed by atoms with Crippen LogP contribution >= 0.6 is 0 Å². The second kappa shape index (κ2) is 4.68. The third kappa shape index (κ3) is 3.21. The van der Waals surface area contributed by atoms with Crippen LogP contribution in [0.3, 0.4) is 0 Å². The largest absolute Gasteiger partial charge is 0.386 e. The van der Waals surface area contributed by atoms with Crippen LogP contribution in [0.25, 0.3) is 0 Å². The Labute approximate surface area is 82.5 Å². The lowest BCUT2D eigenvalue weighted by Crippen LogP contribution is -2.51. The summed E-state index contributed by atoms with van der Waals surface area (Å²) >= 11 is 0. The van der Waals surface area contributed by atoms with Crippen LogP contribution in [0, 0.1) is 5.92 Å². The Balaban J connectivity index is 4.52. The molecule has 0 heterocycles. The van der Waals surface area contributed by atoms with Gasteiger partial charge >= 0.3 is 5.92 Å². The molecule has 0 aliphatic carbocycles. The third-order valence-corrected chi connectivity index (χ3v) is 1.73. The highest BCUT2D eigenvalue weighted by Gasteiger charge is 2.47. The number of hydrogen-bond acceptors (Lipinski definition) is 2. The van der Waals surface area contributed by atoms with E-state index < -0.39 is 23.9 Å². The van der Waals surface area contributed by atoms with Crippen LogP contribution in [-0.2, 0) is 4.79 Å². The fourth-order valence-corrected chi connectivity index (χ4v) is 0.911. The number of alkyl halides is 2. The number of carbonyl (C=O) groups is 1. The van der Waals surface area contributed by atoms with E-state index in [0.717, 1.165) is 0 Å². The number of amides is 1. The van der Waals surface area contributed by atoms with Gasteiger partial charge in [0.2, 0.25) is 0 Å². The van der Waals surface area contributed by atoms with Crippen LogP contribution in [0.1, 0.15) is 27.7 Å². The van der Waals surface area contributed by atoms with E-state index in [2.05, 4.69) is 5.32 Å². The topological polar surface area (TPSA) is 49.3 Å². The van der Waals surface area contributed by atoms with E-state index in [4.69, 9.17) is 5.11 Å². The van der Waals surface area contributed by atoms with Crippen LogP contribution in [0.15, 0.2) is 0 Å². The van der Waals surface area contributed by atoms with Crippen LogP contribution in [0.4, 0.5) is 8.78 Å². The second-order valence-electron chi connectivity index (χ2n) is 3.94. The predicted molar refractivity (Wildman–Crippen MR) is 49.1 cm³/mol. The molecule has 1 atom stereocenters. The minimum Gasteiger partial charge on any atom is -0.386 e. The van der Waals surface area contributed by atoms with Crippen molar-refractivity contribution in [3.05, 3.63) is 0 Å². The average molecular weight is 209 g/mol. The summed E-state index contributed by atoms with van der Waals surface area (Å²) in [6, 6.07) is -0.368. The summed E-state index contributed by atoms with van der Waals surface area (Å²) in [5, 5.41) is 11.2. The summed E-state index contributed by atoms with van der Waals surface area (Å²) in [5.74, 6) is -5.81. The molecule has 0 radical (unpaired) electrons. The molecule has 2 N–H and O–H groups in total. The molecule has 0 saturated carbocycles. The molecule has 3 nitrogen and oxygen atoms in total. The van der Waals surface area contributed by atoms with Crippen LogP contribution in [0.5, 0.6) is 0 Å². The fourth-order valence-electron chi connectivity index (χ4n) is 0.911. The van der Waals surface area contributed by atoms with Gasteiger partial charge in [0.15, 0.2) is 0 Å². The summed E-state index contributed by atoms with van der Waals surface area (Å²) in [5.41, 5.74) is 0. The minimum atomic E-state index is -3.72. The van der Waals surface area contributed by atoms with Gasteiger partial charge in [0.1, 0.15) is 6.10 Å². The van der Waals surface area contributed by atoms with Crippen LogP contribution in [0.2, 0.25) is 0 Å². The number of aliphatic hydroxyl groups excluding tert-OH is 1. The van der Waals surface area contributed by atoms with E-state index >= 15 is 0 Å². The monoisotopic (exact) mass is 209 g/mol. The van der Waals surface area contributed by atoms with Gasteiger partial charge < -0.3 is 10.4 Å². The first-order valence-electron chi connectivity index (χ1n) is 4.56. The van der Waals surface area contributed by atoms with E-state index in [9.17, 15) is 13.6 Å². The standard InChI is InChI=1S/C9H17F2NO2/c1-5(2)7(13)9(10,11)8(14)12-6(3)4/h5-7,13H,1-4H3,(H,12,14). The Morgan fingerprint density at radius 3 is 2.00 bits per heavy atom. The third-order valence-electron chi connectivity index (χ3n) is 1.73. The number of nitrogens with one attached hydrogen (secondary N) is 1. The second-order valence-corrected chi connectivity index (χ2v) is 3.94. The fraction of sp³-hybridized carbons (Fsp3) is 0.889. The number of halogens is 2. The Kier molecular flexibility index (Phi) is 4.45. The quantitative estimate of drug-likeness (QED) is 0.730. The number of carbonyl (C=O) groups excluding carboxylic acids is 1. The van der Waals surface area contributed by atoms with Crippen molar-refractivity contribution in [2.45, 2.75) is 45.8 Å². The van der Waals surface area contributed by atoms with E-state index in [1.807, 2.05) is 0 Å². The molecule has 5 heteroatoms. The van der Waals surface area contributed by atoms with Gasteiger partial charge in [-0.05, 0) is 19.8 Å². The highest BCUT2D eigenvalue weighted by Crippen LogP contribution is 2.24. The molecular formula is C9H17F2NO2. The van der Waals surface area contributed by atoms with Crippen molar-refractivity contribution in [2.24, 2.45) is 5.92 Å². The highest BCUT2D eigenvalue weighted by molar-refractivity contribution is 5.84. The lowest BCUT2D eigenvalue weighted by molar-refractivity contribution is -0.168. The summed E-state index contributed by atoms with van der Waals surface area (Å²) in [7, 11) is 0. The Morgan fingerprint density at radius 1 is 1.29 bits per heavy atom. The maximum Gasteiger partial charge on any atom is 0.349 e. The van der Waals surface area contributed by atoms with Crippen molar-refractivity contribution in [3.8, 4) is 0 Å². The van der Waals surface area contributed by atoms with Gasteiger partial charge in [-0.3, -0.25) is 4.79 Å². The van der Waals surface area contributed by atoms with E-state index in [1.165, 1.54) is 13.8 Å². The predicted octanol–water partition coefficient (Wildman–Crippen LogP) is 1.16. The maximum absolute atomic E-state index is 13.2. The molecule has 0 spiro atoms. The first-order chi connectivity index (χ1) is 6.19. The molecule has 0 aliphatic rings. The SMILES string of the molecule is CC(C)NC(=O)C(F)(F)C(O)C(C)C. The molecule has 0 aliphatic heterocycles. The van der Waals surface area contributed by atoms with Gasteiger partial charge in [0.05, 0.1) is 0 Å². The van der Waals surface area contributed by atoms with Gasteiger partial charge in [-0.1, -0.05) is 13.8 Å². The van der Waals surface area contributed by atoms with Crippen molar-refractivity contribution in [1.82, 2.24) is 5.32 Å². The summed E-state index contributed by atoms with van der Waals surface area (Å²) in [6.07, 6.45) is -1.94. The Bertz CT molecular complexity index is 205. The van der Waals surface area contributed by atoms with Crippen molar-refractivity contribution >= 4 is 5.91 Å². The van der Waals surface area contributed by atoms with Gasteiger partial charge in [0.25, 0.3) is 5.91 Å². The number of hydrogen-bond donors (Lipinski definition) is 2. The van der Waals surface area contributed by atoms with Crippen molar-refractivity contribution in [3.63, 3.8) is 0 Å². The molecule has 0 saturated heterocycles. The summed E-state index contributed by atoms with van der Waals surface area (Å²) in [6.45, 7) is 6.02. The zero-order valence-corrected chi connectivity index (χ0v) is 8.84. The van der Waals surface area contributed by atoms with Crippen LogP contribution in [-0.4, -0.2) is 29.1 Å². The summed E-state index contributed by atoms with van der Waals surface area (Å²) in [4.78, 5) is 11.0. The molecule has 0 aromatic heterocycles. The highest BCUT2D eigenvalue weighted by atomic mass is 19.3. The zero-order chi connectivity index (χ0) is 11.5. The number of rotatable bonds is 4. The molecule has 0 aromatic carbocycles. The lowest BCUT2D eigenvalue weighted by atomic mass is 10.0. The Morgan fingerprint density at radius 2 is 1.71 bits per heavy atom. The minimum absolute atomic E-state index is 0.368. The smallest absolute Gasteiger partial charge is 0.349 e.